The minimum Gasteiger partial charge on any atom is -0.478 e. The highest BCUT2D eigenvalue weighted by molar-refractivity contribution is 6.32. The van der Waals surface area contributed by atoms with E-state index in [-0.39, 0.29) is 0 Å². The summed E-state index contributed by atoms with van der Waals surface area (Å²) in [6, 6.07) is 5.31. The molecule has 0 aliphatic heterocycles. The number of hydrogen-bond donors (Lipinski definition) is 1. The summed E-state index contributed by atoms with van der Waals surface area (Å²) in [4.78, 5) is 10.9. The van der Waals surface area contributed by atoms with Gasteiger partial charge in [0.1, 0.15) is 5.75 Å². The highest BCUT2D eigenvalue weighted by Gasteiger charge is 2.53. The van der Waals surface area contributed by atoms with E-state index >= 15 is 0 Å². The Balaban J connectivity index is 2.21. The number of rotatable bonds is 3. The topological polar surface area (TPSA) is 46.5 Å². The average molecular weight is 227 g/mol. The third-order valence-corrected chi connectivity index (χ3v) is 2.78. The molecule has 0 radical (unpaired) electrons. The molecule has 0 saturated heterocycles. The third kappa shape index (κ3) is 1.92. The fourth-order valence-corrected chi connectivity index (χ4v) is 1.65. The number of halogens is 1. The molecule has 1 N–H and O–H groups in total. The number of carbonyl (C=O) groups is 1. The van der Waals surface area contributed by atoms with E-state index in [0.717, 1.165) is 5.56 Å². The van der Waals surface area contributed by atoms with Crippen LogP contribution in [0.5, 0.6) is 5.75 Å². The van der Waals surface area contributed by atoms with Crippen LogP contribution in [-0.2, 0) is 4.79 Å². The van der Waals surface area contributed by atoms with Crippen LogP contribution in [0.15, 0.2) is 18.2 Å². The number of aliphatic carboxylic acids is 1. The van der Waals surface area contributed by atoms with Crippen molar-refractivity contribution in [1.82, 2.24) is 0 Å². The van der Waals surface area contributed by atoms with Gasteiger partial charge in [0.2, 0.25) is 5.60 Å². The highest BCUT2D eigenvalue weighted by Crippen LogP contribution is 2.42. The Kier molecular flexibility index (Phi) is 2.35. The molecule has 1 fully saturated rings. The molecule has 0 heterocycles. The first-order valence-electron chi connectivity index (χ1n) is 4.72. The fraction of sp³-hybridized carbons (Fsp3) is 0.364. The van der Waals surface area contributed by atoms with Crippen molar-refractivity contribution in [3.63, 3.8) is 0 Å². The van der Waals surface area contributed by atoms with Gasteiger partial charge in [-0.25, -0.2) is 4.79 Å². The second kappa shape index (κ2) is 3.42. The molecule has 4 heteroatoms. The first-order valence-corrected chi connectivity index (χ1v) is 5.10. The normalized spacial score (nSPS) is 17.2. The van der Waals surface area contributed by atoms with Gasteiger partial charge in [0.25, 0.3) is 0 Å². The van der Waals surface area contributed by atoms with E-state index in [0.29, 0.717) is 23.6 Å². The van der Waals surface area contributed by atoms with E-state index in [1.54, 1.807) is 12.1 Å². The maximum absolute atomic E-state index is 10.9. The zero-order valence-electron chi connectivity index (χ0n) is 8.29. The molecule has 1 aromatic carbocycles. The summed E-state index contributed by atoms with van der Waals surface area (Å²) in [6.45, 7) is 1.92. The van der Waals surface area contributed by atoms with Gasteiger partial charge in [0.15, 0.2) is 0 Å². The Morgan fingerprint density at radius 2 is 2.20 bits per heavy atom. The zero-order chi connectivity index (χ0) is 11.1. The van der Waals surface area contributed by atoms with Gasteiger partial charge in [-0.05, 0) is 24.6 Å². The molecular weight excluding hydrogens is 216 g/mol. The van der Waals surface area contributed by atoms with E-state index in [4.69, 9.17) is 21.4 Å². The number of ether oxygens (including phenoxy) is 1. The van der Waals surface area contributed by atoms with E-state index in [1.165, 1.54) is 0 Å². The van der Waals surface area contributed by atoms with Gasteiger partial charge in [0.05, 0.1) is 5.02 Å². The minimum absolute atomic E-state index is 0.446. The summed E-state index contributed by atoms with van der Waals surface area (Å²) in [5.41, 5.74) is -0.00802. The average Bonchev–Trinajstić information content (AvgIpc) is 2.91. The summed E-state index contributed by atoms with van der Waals surface area (Å²) in [5, 5.41) is 9.40. The lowest BCUT2D eigenvalue weighted by molar-refractivity contribution is -0.147. The zero-order valence-corrected chi connectivity index (χ0v) is 9.04. The largest absolute Gasteiger partial charge is 0.478 e. The van der Waals surface area contributed by atoms with E-state index in [2.05, 4.69) is 0 Å². The minimum atomic E-state index is -1.03. The van der Waals surface area contributed by atoms with Crippen LogP contribution in [-0.4, -0.2) is 16.7 Å². The standard InChI is InChI=1S/C11H11ClO3/c1-7-2-3-9(8(12)6-7)15-11(4-5-11)10(13)14/h2-3,6H,4-5H2,1H3,(H,13,14). The SMILES string of the molecule is Cc1ccc(OC2(C(=O)O)CC2)c(Cl)c1. The van der Waals surface area contributed by atoms with Gasteiger partial charge in [-0.15, -0.1) is 0 Å². The molecule has 1 saturated carbocycles. The molecule has 80 valence electrons. The number of aryl methyl sites for hydroxylation is 1. The van der Waals surface area contributed by atoms with E-state index in [1.807, 2.05) is 13.0 Å². The maximum atomic E-state index is 10.9. The van der Waals surface area contributed by atoms with Crippen LogP contribution in [0.1, 0.15) is 18.4 Å². The summed E-state index contributed by atoms with van der Waals surface area (Å²) in [7, 11) is 0. The predicted molar refractivity (Wildman–Crippen MR) is 56.4 cm³/mol. The van der Waals surface area contributed by atoms with Crippen molar-refractivity contribution >= 4 is 17.6 Å². The second-order valence-corrected chi connectivity index (χ2v) is 4.24. The molecule has 0 amide bonds. The molecule has 2 rings (SSSR count). The van der Waals surface area contributed by atoms with Gasteiger partial charge < -0.3 is 9.84 Å². The first-order chi connectivity index (χ1) is 7.03. The van der Waals surface area contributed by atoms with Crippen molar-refractivity contribution < 1.29 is 14.6 Å². The van der Waals surface area contributed by atoms with Crippen LogP contribution in [0.3, 0.4) is 0 Å². The van der Waals surface area contributed by atoms with Crippen LogP contribution in [0.4, 0.5) is 0 Å². The Labute approximate surface area is 92.6 Å². The fourth-order valence-electron chi connectivity index (χ4n) is 1.37. The van der Waals surface area contributed by atoms with Gasteiger partial charge in [-0.3, -0.25) is 0 Å². The van der Waals surface area contributed by atoms with Crippen molar-refractivity contribution in [3.8, 4) is 5.75 Å². The van der Waals surface area contributed by atoms with Crippen LogP contribution in [0, 0.1) is 6.92 Å². The Bertz CT molecular complexity index is 410. The summed E-state index contributed by atoms with van der Waals surface area (Å²) in [6.07, 6.45) is 1.10. The molecular formula is C11H11ClO3. The maximum Gasteiger partial charge on any atom is 0.348 e. The van der Waals surface area contributed by atoms with Crippen molar-refractivity contribution in [2.24, 2.45) is 0 Å². The number of benzene rings is 1. The predicted octanol–water partition coefficient (Wildman–Crippen LogP) is 2.64. The molecule has 1 aliphatic carbocycles. The van der Waals surface area contributed by atoms with Crippen molar-refractivity contribution in [2.45, 2.75) is 25.4 Å². The summed E-state index contributed by atoms with van der Waals surface area (Å²) in [5.74, 6) is -0.471. The molecule has 1 aromatic rings. The lowest BCUT2D eigenvalue weighted by Crippen LogP contribution is -2.29. The van der Waals surface area contributed by atoms with Crippen LogP contribution in [0.2, 0.25) is 5.02 Å². The van der Waals surface area contributed by atoms with E-state index in [9.17, 15) is 4.79 Å². The second-order valence-electron chi connectivity index (χ2n) is 3.84. The highest BCUT2D eigenvalue weighted by atomic mass is 35.5. The third-order valence-electron chi connectivity index (χ3n) is 2.49. The quantitative estimate of drug-likeness (QED) is 0.862. The molecule has 15 heavy (non-hydrogen) atoms. The molecule has 0 spiro atoms. The monoisotopic (exact) mass is 226 g/mol. The van der Waals surface area contributed by atoms with Crippen molar-refractivity contribution in [2.75, 3.05) is 0 Å². The Morgan fingerprint density at radius 1 is 1.53 bits per heavy atom. The molecule has 3 nitrogen and oxygen atoms in total. The molecule has 0 aromatic heterocycles. The van der Waals surface area contributed by atoms with Gasteiger partial charge in [-0.2, -0.15) is 0 Å². The van der Waals surface area contributed by atoms with Crippen molar-refractivity contribution in [3.05, 3.63) is 28.8 Å². The van der Waals surface area contributed by atoms with Crippen LogP contribution in [0.25, 0.3) is 0 Å². The number of carboxylic acid groups (broad SMARTS) is 1. The Hall–Kier alpha value is -1.22. The first kappa shape index (κ1) is 10.3. The van der Waals surface area contributed by atoms with Gasteiger partial charge in [-0.1, -0.05) is 17.7 Å². The molecule has 0 atom stereocenters. The molecule has 1 aliphatic rings. The number of carboxylic acids is 1. The molecule has 0 unspecified atom stereocenters. The smallest absolute Gasteiger partial charge is 0.348 e. The summed E-state index contributed by atoms with van der Waals surface area (Å²) >= 11 is 5.95. The van der Waals surface area contributed by atoms with Crippen molar-refractivity contribution in [1.29, 1.82) is 0 Å². The Morgan fingerprint density at radius 3 is 2.67 bits per heavy atom. The van der Waals surface area contributed by atoms with E-state index < -0.39 is 11.6 Å². The van der Waals surface area contributed by atoms with Gasteiger partial charge >= 0.3 is 5.97 Å². The lowest BCUT2D eigenvalue weighted by Gasteiger charge is -2.14. The molecule has 0 bridgehead atoms. The van der Waals surface area contributed by atoms with Crippen LogP contribution >= 0.6 is 11.6 Å². The number of hydrogen-bond acceptors (Lipinski definition) is 2. The summed E-state index contributed by atoms with van der Waals surface area (Å²) < 4.78 is 5.43. The lowest BCUT2D eigenvalue weighted by atomic mass is 10.2. The van der Waals surface area contributed by atoms with Gasteiger partial charge in [0, 0.05) is 12.8 Å². The van der Waals surface area contributed by atoms with Crippen LogP contribution < -0.4 is 4.74 Å².